The predicted molar refractivity (Wildman–Crippen MR) is 65.0 cm³/mol. The van der Waals surface area contributed by atoms with Crippen molar-refractivity contribution in [2.75, 3.05) is 6.54 Å². The van der Waals surface area contributed by atoms with Gasteiger partial charge in [-0.3, -0.25) is 4.79 Å². The van der Waals surface area contributed by atoms with E-state index in [-0.39, 0.29) is 11.8 Å². The Balaban J connectivity index is 2.38. The average Bonchev–Trinajstić information content (AvgIpc) is 2.24. The molecule has 3 nitrogen and oxygen atoms in total. The van der Waals surface area contributed by atoms with E-state index < -0.39 is 5.60 Å². The van der Waals surface area contributed by atoms with Crippen LogP contribution < -0.4 is 5.32 Å². The molecule has 0 aromatic carbocycles. The Hall–Kier alpha value is -0.570. The lowest BCUT2D eigenvalue weighted by Gasteiger charge is -2.35. The SMILES string of the molecule is CCC(C)C(=O)NCC1(O)CCCC(C)C1. The first-order valence-corrected chi connectivity index (χ1v) is 6.47. The van der Waals surface area contributed by atoms with Gasteiger partial charge in [0.2, 0.25) is 5.91 Å². The van der Waals surface area contributed by atoms with Crippen LogP contribution in [0.4, 0.5) is 0 Å². The zero-order valence-electron chi connectivity index (χ0n) is 10.8. The van der Waals surface area contributed by atoms with Gasteiger partial charge in [0, 0.05) is 12.5 Å². The highest BCUT2D eigenvalue weighted by Crippen LogP contribution is 2.31. The fourth-order valence-electron chi connectivity index (χ4n) is 2.40. The lowest BCUT2D eigenvalue weighted by Crippen LogP contribution is -2.46. The molecule has 0 radical (unpaired) electrons. The molecule has 0 saturated heterocycles. The number of carbonyl (C=O) groups excluding carboxylic acids is 1. The largest absolute Gasteiger partial charge is 0.388 e. The van der Waals surface area contributed by atoms with Crippen molar-refractivity contribution in [3.05, 3.63) is 0 Å². The van der Waals surface area contributed by atoms with Gasteiger partial charge in [-0.25, -0.2) is 0 Å². The van der Waals surface area contributed by atoms with E-state index >= 15 is 0 Å². The van der Waals surface area contributed by atoms with Crippen molar-refractivity contribution in [1.82, 2.24) is 5.32 Å². The molecular formula is C13H25NO2. The highest BCUT2D eigenvalue weighted by atomic mass is 16.3. The van der Waals surface area contributed by atoms with E-state index in [1.165, 1.54) is 6.42 Å². The van der Waals surface area contributed by atoms with Crippen LogP contribution in [0.25, 0.3) is 0 Å². The number of carbonyl (C=O) groups is 1. The van der Waals surface area contributed by atoms with E-state index in [0.29, 0.717) is 12.5 Å². The van der Waals surface area contributed by atoms with Gasteiger partial charge in [0.05, 0.1) is 5.60 Å². The molecule has 0 spiro atoms. The topological polar surface area (TPSA) is 49.3 Å². The molecule has 1 saturated carbocycles. The molecule has 0 heterocycles. The minimum atomic E-state index is -0.666. The summed E-state index contributed by atoms with van der Waals surface area (Å²) in [4.78, 5) is 11.6. The fourth-order valence-corrected chi connectivity index (χ4v) is 2.40. The van der Waals surface area contributed by atoms with Crippen molar-refractivity contribution in [2.24, 2.45) is 11.8 Å². The Bertz CT molecular complexity index is 242. The van der Waals surface area contributed by atoms with Gasteiger partial charge in [-0.05, 0) is 25.2 Å². The zero-order valence-corrected chi connectivity index (χ0v) is 10.8. The van der Waals surface area contributed by atoms with Crippen LogP contribution in [0.3, 0.4) is 0 Å². The average molecular weight is 227 g/mol. The molecule has 3 atom stereocenters. The van der Waals surface area contributed by atoms with Gasteiger partial charge in [-0.2, -0.15) is 0 Å². The van der Waals surface area contributed by atoms with Crippen LogP contribution in [0.5, 0.6) is 0 Å². The molecule has 3 heteroatoms. The lowest BCUT2D eigenvalue weighted by atomic mass is 9.79. The Morgan fingerprint density at radius 1 is 1.62 bits per heavy atom. The predicted octanol–water partition coefficient (Wildman–Crippen LogP) is 2.09. The molecule has 1 rings (SSSR count). The van der Waals surface area contributed by atoms with E-state index in [4.69, 9.17) is 0 Å². The number of rotatable bonds is 4. The maximum absolute atomic E-state index is 11.6. The minimum Gasteiger partial charge on any atom is -0.388 e. The second kappa shape index (κ2) is 5.67. The van der Waals surface area contributed by atoms with E-state index in [0.717, 1.165) is 25.7 Å². The quantitative estimate of drug-likeness (QED) is 0.772. The van der Waals surface area contributed by atoms with Crippen molar-refractivity contribution >= 4 is 5.91 Å². The maximum Gasteiger partial charge on any atom is 0.222 e. The molecule has 0 bridgehead atoms. The van der Waals surface area contributed by atoms with Gasteiger partial charge < -0.3 is 10.4 Å². The Kier molecular flexibility index (Phi) is 4.78. The third-order valence-electron chi connectivity index (χ3n) is 3.72. The Labute approximate surface area is 98.6 Å². The highest BCUT2D eigenvalue weighted by molar-refractivity contribution is 5.78. The molecule has 1 fully saturated rings. The second-order valence-electron chi connectivity index (χ2n) is 5.45. The van der Waals surface area contributed by atoms with E-state index in [2.05, 4.69) is 12.2 Å². The van der Waals surface area contributed by atoms with Gasteiger partial charge in [-0.1, -0.05) is 33.6 Å². The first-order valence-electron chi connectivity index (χ1n) is 6.47. The number of hydrogen-bond acceptors (Lipinski definition) is 2. The summed E-state index contributed by atoms with van der Waals surface area (Å²) in [6, 6.07) is 0. The molecule has 0 aromatic heterocycles. The molecule has 1 aliphatic carbocycles. The number of hydrogen-bond donors (Lipinski definition) is 2. The molecule has 1 amide bonds. The normalized spacial score (nSPS) is 32.1. The van der Waals surface area contributed by atoms with Gasteiger partial charge in [0.15, 0.2) is 0 Å². The molecule has 1 aliphatic rings. The Morgan fingerprint density at radius 2 is 2.31 bits per heavy atom. The third kappa shape index (κ3) is 3.78. The smallest absolute Gasteiger partial charge is 0.222 e. The summed E-state index contributed by atoms with van der Waals surface area (Å²) in [5, 5.41) is 13.2. The van der Waals surface area contributed by atoms with Crippen molar-refractivity contribution in [1.29, 1.82) is 0 Å². The van der Waals surface area contributed by atoms with Crippen molar-refractivity contribution in [2.45, 2.75) is 58.5 Å². The summed E-state index contributed by atoms with van der Waals surface area (Å²) in [6.07, 6.45) is 4.74. The van der Waals surface area contributed by atoms with Crippen LogP contribution in [0.15, 0.2) is 0 Å². The molecule has 3 unspecified atom stereocenters. The third-order valence-corrected chi connectivity index (χ3v) is 3.72. The van der Waals surface area contributed by atoms with Crippen LogP contribution >= 0.6 is 0 Å². The van der Waals surface area contributed by atoms with Crippen LogP contribution in [-0.4, -0.2) is 23.2 Å². The van der Waals surface area contributed by atoms with Gasteiger partial charge in [-0.15, -0.1) is 0 Å². The van der Waals surface area contributed by atoms with E-state index in [1.807, 2.05) is 13.8 Å². The number of aliphatic hydroxyl groups is 1. The van der Waals surface area contributed by atoms with Gasteiger partial charge in [0.25, 0.3) is 0 Å². The van der Waals surface area contributed by atoms with E-state index in [9.17, 15) is 9.90 Å². The van der Waals surface area contributed by atoms with Crippen LogP contribution in [0.2, 0.25) is 0 Å². The monoisotopic (exact) mass is 227 g/mol. The first-order chi connectivity index (χ1) is 7.47. The minimum absolute atomic E-state index is 0.0459. The van der Waals surface area contributed by atoms with Crippen LogP contribution in [0.1, 0.15) is 52.9 Å². The Morgan fingerprint density at radius 3 is 2.88 bits per heavy atom. The standard InChI is InChI=1S/C13H25NO2/c1-4-11(3)12(15)14-9-13(16)7-5-6-10(2)8-13/h10-11,16H,4-9H2,1-3H3,(H,14,15). The maximum atomic E-state index is 11.6. The first kappa shape index (κ1) is 13.5. The summed E-state index contributed by atoms with van der Waals surface area (Å²) in [5.74, 6) is 0.679. The molecule has 2 N–H and O–H groups in total. The zero-order chi connectivity index (χ0) is 12.2. The molecular weight excluding hydrogens is 202 g/mol. The molecule has 0 aliphatic heterocycles. The lowest BCUT2D eigenvalue weighted by molar-refractivity contribution is -0.126. The van der Waals surface area contributed by atoms with Crippen LogP contribution in [-0.2, 0) is 4.79 Å². The van der Waals surface area contributed by atoms with Gasteiger partial charge >= 0.3 is 0 Å². The van der Waals surface area contributed by atoms with Crippen molar-refractivity contribution in [3.8, 4) is 0 Å². The van der Waals surface area contributed by atoms with Crippen LogP contribution in [0, 0.1) is 11.8 Å². The summed E-state index contributed by atoms with van der Waals surface area (Å²) in [6.45, 7) is 6.51. The van der Waals surface area contributed by atoms with Gasteiger partial charge in [0.1, 0.15) is 0 Å². The fraction of sp³-hybridized carbons (Fsp3) is 0.923. The van der Waals surface area contributed by atoms with E-state index in [1.54, 1.807) is 0 Å². The van der Waals surface area contributed by atoms with Crippen molar-refractivity contribution in [3.63, 3.8) is 0 Å². The summed E-state index contributed by atoms with van der Waals surface area (Å²) in [7, 11) is 0. The molecule has 16 heavy (non-hydrogen) atoms. The number of nitrogens with one attached hydrogen (secondary N) is 1. The van der Waals surface area contributed by atoms with Crippen molar-refractivity contribution < 1.29 is 9.90 Å². The highest BCUT2D eigenvalue weighted by Gasteiger charge is 2.33. The molecule has 0 aromatic rings. The number of amides is 1. The molecule has 94 valence electrons. The second-order valence-corrected chi connectivity index (χ2v) is 5.45. The summed E-state index contributed by atoms with van der Waals surface area (Å²) in [5.41, 5.74) is -0.666. The summed E-state index contributed by atoms with van der Waals surface area (Å²) < 4.78 is 0. The summed E-state index contributed by atoms with van der Waals surface area (Å²) >= 11 is 0.